The summed E-state index contributed by atoms with van der Waals surface area (Å²) in [5.74, 6) is -0.389. The monoisotopic (exact) mass is 1990 g/mol. The molecule has 131 heavy (non-hydrogen) atoms. The third-order valence-corrected chi connectivity index (χ3v) is 25.3. The van der Waals surface area contributed by atoms with Crippen LogP contribution in [0, 0.1) is 53.0 Å². The minimum Gasteiger partial charge on any atom is -0.403 e. The summed E-state index contributed by atoms with van der Waals surface area (Å²) in [5.41, 5.74) is 22.4. The van der Waals surface area contributed by atoms with Crippen molar-refractivity contribution in [3.63, 3.8) is 0 Å². The molecule has 22 rings (SSSR count). The molecule has 638 valence electrons. The van der Waals surface area contributed by atoms with Gasteiger partial charge in [-0.3, -0.25) is 0 Å². The normalized spacial score (nSPS) is 13.6. The average Bonchev–Trinajstić information content (AvgIpc) is 1.62. The molecule has 20 heteroatoms. The molecule has 1 aliphatic carbocycles. The van der Waals surface area contributed by atoms with Crippen LogP contribution in [-0.4, -0.2) is 54.9 Å². The van der Waals surface area contributed by atoms with E-state index in [1.165, 1.54) is 55.9 Å². The fourth-order valence-electron chi connectivity index (χ4n) is 17.3. The third-order valence-electron chi connectivity index (χ3n) is 24.4. The number of fused-ring (bicyclic) bond motifs is 15. The zero-order valence-corrected chi connectivity index (χ0v) is 81.4. The Bertz CT molecular complexity index is 7310. The van der Waals surface area contributed by atoms with Gasteiger partial charge in [0.15, 0.2) is 11.4 Å². The third kappa shape index (κ3) is 19.4. The molecule has 0 atom stereocenters. The van der Waals surface area contributed by atoms with Crippen LogP contribution in [0.5, 0.6) is 0 Å². The molecule has 0 spiro atoms. The molecule has 6 heterocycles. The van der Waals surface area contributed by atoms with Crippen molar-refractivity contribution in [1.29, 1.82) is 15.8 Å². The average molecular weight is 1990 g/mol. The van der Waals surface area contributed by atoms with Crippen LogP contribution < -0.4 is 5.46 Å². The van der Waals surface area contributed by atoms with Gasteiger partial charge in [0, 0.05) is 140 Å². The Balaban J connectivity index is 0.000000144. The first-order valence-corrected chi connectivity index (χ1v) is 43.4. The molecule has 2 saturated heterocycles. The van der Waals surface area contributed by atoms with Crippen LogP contribution in [0.15, 0.2) is 343 Å². The number of nitrogens with zero attached hydrogens (tertiary/aromatic N) is 9. The van der Waals surface area contributed by atoms with Gasteiger partial charge < -0.3 is 36.9 Å². The quantitative estimate of drug-likeness (QED) is 0.119. The van der Waals surface area contributed by atoms with Crippen molar-refractivity contribution < 1.29 is 88.4 Å². The second-order valence-corrected chi connectivity index (χ2v) is 35.4. The predicted molar refractivity (Wildman–Crippen MR) is 536 cm³/mol. The molecule has 2 aliphatic heterocycles. The van der Waals surface area contributed by atoms with E-state index in [0.29, 0.717) is 32.5 Å². The van der Waals surface area contributed by atoms with E-state index >= 15 is 0 Å². The van der Waals surface area contributed by atoms with Crippen molar-refractivity contribution in [3.8, 4) is 63.2 Å². The first-order chi connectivity index (χ1) is 61.3. The van der Waals surface area contributed by atoms with Gasteiger partial charge in [-0.25, -0.2) is 14.1 Å². The number of nitriles is 3. The van der Waals surface area contributed by atoms with Gasteiger partial charge in [-0.05, 0) is 241 Å². The van der Waals surface area contributed by atoms with E-state index in [1.54, 1.807) is 6.07 Å². The van der Waals surface area contributed by atoms with E-state index in [4.69, 9.17) is 31.8 Å². The summed E-state index contributed by atoms with van der Waals surface area (Å²) in [6.07, 6.45) is 1.10. The van der Waals surface area contributed by atoms with Crippen molar-refractivity contribution in [2.24, 2.45) is 0 Å². The molecular formula is C111H92B2Br2FN9O4Y2. The molecule has 4 aromatic heterocycles. The number of hydrogen-bond donors (Lipinski definition) is 0. The molecule has 0 bridgehead atoms. The van der Waals surface area contributed by atoms with Crippen molar-refractivity contribution in [1.82, 2.24) is 18.3 Å². The van der Waals surface area contributed by atoms with Gasteiger partial charge in [0.25, 0.3) is 0 Å². The van der Waals surface area contributed by atoms with Crippen LogP contribution >= 0.6 is 31.9 Å². The van der Waals surface area contributed by atoms with Crippen LogP contribution in [-0.2, 0) is 90.5 Å². The summed E-state index contributed by atoms with van der Waals surface area (Å²) in [5, 5.41) is 38.9. The topological polar surface area (TPSA) is 137 Å². The Labute approximate surface area is 832 Å². The summed E-state index contributed by atoms with van der Waals surface area (Å²) >= 11 is 6.57. The number of aromatic nitrogens is 4. The van der Waals surface area contributed by atoms with Crippen LogP contribution in [0.3, 0.4) is 0 Å². The molecule has 0 amide bonds. The smallest absolute Gasteiger partial charge is 0.403 e. The fourth-order valence-corrected chi connectivity index (χ4v) is 18.2. The number of benzene rings is 15. The van der Waals surface area contributed by atoms with E-state index in [-0.39, 0.29) is 104 Å². The Hall–Kier alpha value is -12.0. The van der Waals surface area contributed by atoms with Crippen molar-refractivity contribution >= 4 is 150 Å². The van der Waals surface area contributed by atoms with Crippen LogP contribution in [0.4, 0.5) is 15.8 Å². The standard InChI is InChI=1S/C38H22N4.C25H23BN2O2.C19H11BrN2.C13H10.C7H15BO2.C7H3BrFN.2CH4.2Y/c39-23-25-17-27(21-29(19-25)41-35-13-5-1-9-31(35)32-10-2-6-14-36(32)41)28-18-26(24-40)20-30(22-28)42-37-15-7-3-11-33(37)34-12-4-8-16-38(34)42;1-24(2)25(3,4)30-26(29-24)17-14-18(27-5)16-19(15-17)28-22-12-8-6-10-20(22)21-11-7-9-13-23(21)28;20-14-9-13(12-21)10-15(11-14)22-18-7-3-1-5-16(18)17-6-2-4-8-19(17)22;1-3-7-12-10(5-1)9-11-6-2-4-8-13(11)12;1-6(2)7(3,4)10-8(5)9-6;1-10-7-3-5(8)2-6(9)4-7;;;;/h1-22H;6-16H,1-4H3;1-11H;1-8H,9H2;1-5H3;2-4H;2*1H4;;. The summed E-state index contributed by atoms with van der Waals surface area (Å²) < 4.78 is 46.4. The maximum absolute atomic E-state index is 12.4. The summed E-state index contributed by atoms with van der Waals surface area (Å²) in [6.45, 7) is 32.5. The first-order valence-electron chi connectivity index (χ1n) is 41.8. The Morgan fingerprint density at radius 2 is 0.611 bits per heavy atom. The molecule has 3 aliphatic rings. The second-order valence-electron chi connectivity index (χ2n) is 33.6. The zero-order valence-electron chi connectivity index (χ0n) is 72.6. The SMILES string of the molecule is C.C.CB1OC(C)(C)C(C)(C)O1.N#Cc1cc(-c2cc(C#N)cc(-n3c4ccccc4c4ccccc43)c2)cc(-n2c3ccccc3c3ccccc32)c1.N#Cc1cc(Br)cc(-n2c3ccccc3c3ccccc32)c1.[C-]#[N+]c1cc(B2OC(C)(C)C(C)(C)O2)cc(-n2c3ccccc3c3ccccc32)c1.[C-]#[N+]c1cc(F)cc(Br)c1.[Y].[Y].c1ccc2c(c1)Cc1ccccc1-2. The number of rotatable bonds is 6. The van der Waals surface area contributed by atoms with Crippen molar-refractivity contribution in [2.75, 3.05) is 0 Å². The molecule has 15 aromatic carbocycles. The molecule has 0 unspecified atom stereocenters. The van der Waals surface area contributed by atoms with E-state index in [1.807, 2.05) is 138 Å². The number of hydrogen-bond acceptors (Lipinski definition) is 7. The van der Waals surface area contributed by atoms with Crippen molar-refractivity contribution in [3.05, 3.63) is 399 Å². The fraction of sp³-hybridized carbons (Fsp3) is 0.144. The minimum atomic E-state index is -0.511. The molecule has 2 fully saturated rings. The summed E-state index contributed by atoms with van der Waals surface area (Å²) in [7, 11) is -0.575. The van der Waals surface area contributed by atoms with Crippen LogP contribution in [0.2, 0.25) is 6.82 Å². The molecule has 0 N–H and O–H groups in total. The number of para-hydroxylation sites is 8. The Kier molecular flexibility index (Phi) is 29.8. The maximum atomic E-state index is 12.4. The zero-order chi connectivity index (χ0) is 88.6. The van der Waals surface area contributed by atoms with Gasteiger partial charge in [0.1, 0.15) is 5.82 Å². The van der Waals surface area contributed by atoms with E-state index in [9.17, 15) is 20.2 Å². The van der Waals surface area contributed by atoms with E-state index < -0.39 is 18.3 Å². The van der Waals surface area contributed by atoms with Gasteiger partial charge in [-0.1, -0.05) is 247 Å². The maximum Gasteiger partial charge on any atom is 0.493 e. The van der Waals surface area contributed by atoms with Gasteiger partial charge >= 0.3 is 14.2 Å². The molecule has 19 aromatic rings. The summed E-state index contributed by atoms with van der Waals surface area (Å²) in [4.78, 5) is 6.80. The van der Waals surface area contributed by atoms with Gasteiger partial charge in [-0.15, -0.1) is 0 Å². The Morgan fingerprint density at radius 3 is 0.916 bits per heavy atom. The van der Waals surface area contributed by atoms with E-state index in [0.717, 1.165) is 116 Å². The molecule has 2 radical (unpaired) electrons. The number of halogens is 3. The van der Waals surface area contributed by atoms with Crippen LogP contribution in [0.1, 0.15) is 98.1 Å². The largest absolute Gasteiger partial charge is 0.493 e. The predicted octanol–water partition coefficient (Wildman–Crippen LogP) is 29.7. The molecule has 13 nitrogen and oxygen atoms in total. The second kappa shape index (κ2) is 40.4. The molecule has 0 saturated carbocycles. The minimum absolute atomic E-state index is 0. The summed E-state index contributed by atoms with van der Waals surface area (Å²) in [6, 6.07) is 119. The first kappa shape index (κ1) is 96.6. The van der Waals surface area contributed by atoms with Gasteiger partial charge in [0.05, 0.1) is 115 Å². The van der Waals surface area contributed by atoms with Gasteiger partial charge in [-0.2, -0.15) is 15.8 Å². The van der Waals surface area contributed by atoms with Crippen LogP contribution in [0.25, 0.3) is 142 Å². The van der Waals surface area contributed by atoms with E-state index in [2.05, 4.69) is 318 Å². The van der Waals surface area contributed by atoms with Crippen molar-refractivity contribution in [2.45, 2.75) is 106 Å². The van der Waals surface area contributed by atoms with Gasteiger partial charge in [0.2, 0.25) is 0 Å². The molecular weight excluding hydrogens is 1900 g/mol. The Morgan fingerprint density at radius 1 is 0.336 bits per heavy atom.